The number of hydrogen-bond donors (Lipinski definition) is 2. The SMILES string of the molecule is COc1ccc(-c2cnn3c2NC(=O)CC3C(=O)Nc2cccc(C(F)(F)F)c2)cc1. The zero-order valence-corrected chi connectivity index (χ0v) is 16.2. The van der Waals surface area contributed by atoms with Crippen molar-refractivity contribution in [2.75, 3.05) is 17.7 Å². The Bertz CT molecular complexity index is 1140. The minimum Gasteiger partial charge on any atom is -0.497 e. The maximum atomic E-state index is 12.9. The summed E-state index contributed by atoms with van der Waals surface area (Å²) in [5.41, 5.74) is 0.456. The zero-order valence-electron chi connectivity index (χ0n) is 16.2. The monoisotopic (exact) mass is 430 g/mol. The van der Waals surface area contributed by atoms with E-state index in [-0.39, 0.29) is 12.1 Å². The van der Waals surface area contributed by atoms with Crippen molar-refractivity contribution in [1.82, 2.24) is 9.78 Å². The molecular weight excluding hydrogens is 413 g/mol. The van der Waals surface area contributed by atoms with Crippen molar-refractivity contribution in [1.29, 1.82) is 0 Å². The van der Waals surface area contributed by atoms with Crippen molar-refractivity contribution >= 4 is 23.3 Å². The number of fused-ring (bicyclic) bond motifs is 1. The van der Waals surface area contributed by atoms with E-state index in [0.717, 1.165) is 17.7 Å². The normalized spacial score (nSPS) is 15.7. The van der Waals surface area contributed by atoms with Crippen LogP contribution in [-0.4, -0.2) is 28.7 Å². The Morgan fingerprint density at radius 2 is 1.97 bits per heavy atom. The average Bonchev–Trinajstić information content (AvgIpc) is 3.16. The van der Waals surface area contributed by atoms with Gasteiger partial charge in [-0.1, -0.05) is 18.2 Å². The number of hydrogen-bond acceptors (Lipinski definition) is 4. The van der Waals surface area contributed by atoms with Crippen LogP contribution in [0.1, 0.15) is 18.0 Å². The molecule has 2 N–H and O–H groups in total. The second-order valence-electron chi connectivity index (χ2n) is 6.92. The number of amides is 2. The Morgan fingerprint density at radius 3 is 2.65 bits per heavy atom. The van der Waals surface area contributed by atoms with Crippen molar-refractivity contribution < 1.29 is 27.5 Å². The van der Waals surface area contributed by atoms with Crippen LogP contribution < -0.4 is 15.4 Å². The van der Waals surface area contributed by atoms with E-state index < -0.39 is 29.6 Å². The van der Waals surface area contributed by atoms with E-state index in [0.29, 0.717) is 17.1 Å². The minimum absolute atomic E-state index is 0.0186. The number of carbonyl (C=O) groups is 2. The molecular formula is C21H17F3N4O3. The van der Waals surface area contributed by atoms with E-state index in [1.807, 2.05) is 0 Å². The first kappa shape index (κ1) is 20.5. The first-order valence-corrected chi connectivity index (χ1v) is 9.26. The van der Waals surface area contributed by atoms with Gasteiger partial charge in [0.25, 0.3) is 0 Å². The summed E-state index contributed by atoms with van der Waals surface area (Å²) in [6.45, 7) is 0. The predicted molar refractivity (Wildman–Crippen MR) is 107 cm³/mol. The molecule has 0 fully saturated rings. The fraction of sp³-hybridized carbons (Fsp3) is 0.190. The molecule has 10 heteroatoms. The summed E-state index contributed by atoms with van der Waals surface area (Å²) in [6.07, 6.45) is -3.21. The third-order valence-electron chi connectivity index (χ3n) is 4.89. The third kappa shape index (κ3) is 4.09. The summed E-state index contributed by atoms with van der Waals surface area (Å²) < 4.78 is 45.3. The molecule has 0 bridgehead atoms. The highest BCUT2D eigenvalue weighted by Crippen LogP contribution is 2.35. The standard InChI is InChI=1S/C21H17F3N4O3/c1-31-15-7-5-12(6-8-15)16-11-25-28-17(10-18(29)27-19(16)28)20(30)26-14-4-2-3-13(9-14)21(22,23)24/h2-9,11,17H,10H2,1H3,(H,26,30)(H,27,29). The van der Waals surface area contributed by atoms with Crippen LogP contribution in [0.4, 0.5) is 24.7 Å². The largest absolute Gasteiger partial charge is 0.497 e. The first-order chi connectivity index (χ1) is 14.8. The molecule has 160 valence electrons. The van der Waals surface area contributed by atoms with Gasteiger partial charge in [-0.2, -0.15) is 18.3 Å². The van der Waals surface area contributed by atoms with Crippen LogP contribution in [0.3, 0.4) is 0 Å². The van der Waals surface area contributed by atoms with E-state index in [4.69, 9.17) is 4.74 Å². The van der Waals surface area contributed by atoms with Crippen molar-refractivity contribution in [2.45, 2.75) is 18.6 Å². The van der Waals surface area contributed by atoms with Crippen molar-refractivity contribution in [3.05, 3.63) is 60.3 Å². The van der Waals surface area contributed by atoms with Crippen LogP contribution in [-0.2, 0) is 15.8 Å². The van der Waals surface area contributed by atoms with Gasteiger partial charge in [0.1, 0.15) is 17.6 Å². The van der Waals surface area contributed by atoms with E-state index in [1.54, 1.807) is 31.4 Å². The molecule has 2 aromatic carbocycles. The number of aromatic nitrogens is 2. The van der Waals surface area contributed by atoms with Gasteiger partial charge in [-0.25, -0.2) is 4.68 Å². The lowest BCUT2D eigenvalue weighted by atomic mass is 10.1. The molecule has 4 rings (SSSR count). The van der Waals surface area contributed by atoms with E-state index in [2.05, 4.69) is 15.7 Å². The van der Waals surface area contributed by atoms with Crippen LogP contribution in [0.2, 0.25) is 0 Å². The highest BCUT2D eigenvalue weighted by atomic mass is 19.4. The topological polar surface area (TPSA) is 85.2 Å². The molecule has 31 heavy (non-hydrogen) atoms. The molecule has 0 radical (unpaired) electrons. The first-order valence-electron chi connectivity index (χ1n) is 9.26. The van der Waals surface area contributed by atoms with E-state index >= 15 is 0 Å². The summed E-state index contributed by atoms with van der Waals surface area (Å²) in [4.78, 5) is 25.1. The number of halogens is 3. The second kappa shape index (κ2) is 7.78. The van der Waals surface area contributed by atoms with Crippen molar-refractivity contribution in [3.63, 3.8) is 0 Å². The number of rotatable bonds is 4. The van der Waals surface area contributed by atoms with Gasteiger partial charge in [0, 0.05) is 11.3 Å². The van der Waals surface area contributed by atoms with Crippen LogP contribution in [0.5, 0.6) is 5.75 Å². The fourth-order valence-electron chi connectivity index (χ4n) is 3.35. The Morgan fingerprint density at radius 1 is 1.23 bits per heavy atom. The summed E-state index contributed by atoms with van der Waals surface area (Å²) in [5.74, 6) is -0.0375. The molecule has 1 unspecified atom stereocenters. The lowest BCUT2D eigenvalue weighted by molar-refractivity contribution is -0.137. The molecule has 7 nitrogen and oxygen atoms in total. The zero-order chi connectivity index (χ0) is 22.2. The smallest absolute Gasteiger partial charge is 0.416 e. The van der Waals surface area contributed by atoms with Crippen LogP contribution >= 0.6 is 0 Å². The molecule has 1 atom stereocenters. The molecule has 2 heterocycles. The molecule has 1 aromatic heterocycles. The van der Waals surface area contributed by atoms with Crippen LogP contribution in [0.15, 0.2) is 54.7 Å². The number of anilines is 2. The number of alkyl halides is 3. The predicted octanol–water partition coefficient (Wildman–Crippen LogP) is 4.10. The van der Waals surface area contributed by atoms with Gasteiger partial charge in [-0.15, -0.1) is 0 Å². The summed E-state index contributed by atoms with van der Waals surface area (Å²) in [5, 5.41) is 9.41. The number of methoxy groups -OCH3 is 1. The van der Waals surface area contributed by atoms with E-state index in [9.17, 15) is 22.8 Å². The lowest BCUT2D eigenvalue weighted by Gasteiger charge is -2.24. The minimum atomic E-state index is -4.53. The fourth-order valence-corrected chi connectivity index (χ4v) is 3.35. The van der Waals surface area contributed by atoms with Crippen molar-refractivity contribution in [2.24, 2.45) is 0 Å². The highest BCUT2D eigenvalue weighted by Gasteiger charge is 2.34. The number of benzene rings is 2. The number of nitrogens with one attached hydrogen (secondary N) is 2. The lowest BCUT2D eigenvalue weighted by Crippen LogP contribution is -2.35. The maximum Gasteiger partial charge on any atom is 0.416 e. The third-order valence-corrected chi connectivity index (χ3v) is 4.89. The molecule has 1 aliphatic heterocycles. The molecule has 0 saturated carbocycles. The molecule has 0 saturated heterocycles. The Hall–Kier alpha value is -3.82. The molecule has 0 spiro atoms. The van der Waals surface area contributed by atoms with Gasteiger partial charge in [0.15, 0.2) is 0 Å². The quantitative estimate of drug-likeness (QED) is 0.653. The Kier molecular flexibility index (Phi) is 5.14. The highest BCUT2D eigenvalue weighted by molar-refractivity contribution is 6.03. The van der Waals surface area contributed by atoms with Gasteiger partial charge >= 0.3 is 6.18 Å². The maximum absolute atomic E-state index is 12.9. The van der Waals surface area contributed by atoms with E-state index in [1.165, 1.54) is 23.0 Å². The Balaban J connectivity index is 1.62. The number of nitrogens with zero attached hydrogens (tertiary/aromatic N) is 2. The van der Waals surface area contributed by atoms with Gasteiger partial charge in [-0.05, 0) is 35.9 Å². The molecule has 3 aromatic rings. The number of carbonyl (C=O) groups excluding carboxylic acids is 2. The van der Waals surface area contributed by atoms with Gasteiger partial charge in [0.2, 0.25) is 11.8 Å². The average molecular weight is 430 g/mol. The van der Waals surface area contributed by atoms with Gasteiger partial charge < -0.3 is 15.4 Å². The van der Waals surface area contributed by atoms with Gasteiger partial charge in [0.05, 0.1) is 25.3 Å². The summed E-state index contributed by atoms with van der Waals surface area (Å²) >= 11 is 0. The second-order valence-corrected chi connectivity index (χ2v) is 6.92. The van der Waals surface area contributed by atoms with Crippen molar-refractivity contribution in [3.8, 4) is 16.9 Å². The van der Waals surface area contributed by atoms with Crippen LogP contribution in [0.25, 0.3) is 11.1 Å². The molecule has 2 amide bonds. The summed E-state index contributed by atoms with van der Waals surface area (Å²) in [6, 6.07) is 10.4. The van der Waals surface area contributed by atoms with Crippen LogP contribution in [0, 0.1) is 0 Å². The number of ether oxygens (including phenoxy) is 1. The van der Waals surface area contributed by atoms with Gasteiger partial charge in [-0.3, -0.25) is 9.59 Å². The Labute approximate surface area is 174 Å². The molecule has 0 aliphatic carbocycles. The summed E-state index contributed by atoms with van der Waals surface area (Å²) in [7, 11) is 1.55. The molecule has 1 aliphatic rings.